The lowest BCUT2D eigenvalue weighted by Crippen LogP contribution is -2.22. The minimum absolute atomic E-state index is 0.0266. The topological polar surface area (TPSA) is 95.6 Å². The lowest BCUT2D eigenvalue weighted by Gasteiger charge is -2.15. The van der Waals surface area contributed by atoms with Gasteiger partial charge in [0.2, 0.25) is 5.91 Å². The first-order valence-corrected chi connectivity index (χ1v) is 10.5. The van der Waals surface area contributed by atoms with Crippen molar-refractivity contribution in [1.29, 1.82) is 0 Å². The zero-order chi connectivity index (χ0) is 21.1. The largest absolute Gasteiger partial charge is 0.364 e. The number of hydrogen-bond donors (Lipinski definition) is 4. The highest BCUT2D eigenvalue weighted by molar-refractivity contribution is 6.30. The summed E-state index contributed by atoms with van der Waals surface area (Å²) in [6, 6.07) is 14.7. The van der Waals surface area contributed by atoms with E-state index >= 15 is 0 Å². The number of nitrogens with one attached hydrogen (secondary N) is 1. The van der Waals surface area contributed by atoms with E-state index in [0.29, 0.717) is 36.0 Å². The number of rotatable bonds is 6. The molecule has 0 spiro atoms. The minimum Gasteiger partial charge on any atom is -0.364 e. The first-order valence-electron chi connectivity index (χ1n) is 10.2. The van der Waals surface area contributed by atoms with E-state index in [9.17, 15) is 4.79 Å². The van der Waals surface area contributed by atoms with Gasteiger partial charge >= 0.3 is 0 Å². The smallest absolute Gasteiger partial charge is 0.220 e. The summed E-state index contributed by atoms with van der Waals surface area (Å²) in [6.07, 6.45) is 6.19. The fourth-order valence-electron chi connectivity index (χ4n) is 3.14. The van der Waals surface area contributed by atoms with E-state index in [4.69, 9.17) is 27.5 Å². The second-order valence-electron chi connectivity index (χ2n) is 7.42. The molecule has 2 aromatic rings. The first-order chi connectivity index (χ1) is 13.9. The number of hydrogen-bond acceptors (Lipinski definition) is 4. The van der Waals surface area contributed by atoms with Crippen molar-refractivity contribution < 1.29 is 15.0 Å². The van der Waals surface area contributed by atoms with Crippen LogP contribution in [0.15, 0.2) is 48.5 Å². The highest BCUT2D eigenvalue weighted by Crippen LogP contribution is 2.15. The predicted octanol–water partition coefficient (Wildman–Crippen LogP) is 3.85. The number of amides is 1. The highest BCUT2D eigenvalue weighted by atomic mass is 35.5. The lowest BCUT2D eigenvalue weighted by atomic mass is 9.97. The van der Waals surface area contributed by atoms with Crippen LogP contribution in [0, 0.1) is 0 Å². The Morgan fingerprint density at radius 3 is 2.10 bits per heavy atom. The average molecular weight is 419 g/mol. The van der Waals surface area contributed by atoms with Gasteiger partial charge in [-0.3, -0.25) is 4.79 Å². The zero-order valence-corrected chi connectivity index (χ0v) is 17.4. The molecule has 158 valence electrons. The second-order valence-corrected chi connectivity index (χ2v) is 7.85. The monoisotopic (exact) mass is 418 g/mol. The summed E-state index contributed by atoms with van der Waals surface area (Å²) in [7, 11) is 0. The number of nitrogens with two attached hydrogens (primary N) is 1. The third-order valence-electron chi connectivity index (χ3n) is 4.97. The Labute approximate surface area is 177 Å². The zero-order valence-electron chi connectivity index (χ0n) is 16.7. The second kappa shape index (κ2) is 12.6. The molecule has 5 N–H and O–H groups in total. The van der Waals surface area contributed by atoms with Crippen LogP contribution < -0.4 is 11.1 Å². The van der Waals surface area contributed by atoms with E-state index < -0.39 is 6.29 Å². The molecule has 0 saturated heterocycles. The molecular weight excluding hydrogens is 388 g/mol. The van der Waals surface area contributed by atoms with Crippen LogP contribution in [-0.2, 0) is 17.8 Å². The molecule has 5 nitrogen and oxygen atoms in total. The molecule has 1 fully saturated rings. The maximum absolute atomic E-state index is 11.8. The third kappa shape index (κ3) is 9.41. The Morgan fingerprint density at radius 2 is 1.59 bits per heavy atom. The van der Waals surface area contributed by atoms with Crippen molar-refractivity contribution in [1.82, 2.24) is 5.32 Å². The van der Waals surface area contributed by atoms with Gasteiger partial charge in [-0.15, -0.1) is 0 Å². The molecule has 0 bridgehead atoms. The van der Waals surface area contributed by atoms with Crippen LogP contribution in [0.4, 0.5) is 0 Å². The fourth-order valence-corrected chi connectivity index (χ4v) is 3.27. The molecule has 6 heteroatoms. The maximum atomic E-state index is 11.8. The van der Waals surface area contributed by atoms with Crippen LogP contribution >= 0.6 is 11.6 Å². The summed E-state index contributed by atoms with van der Waals surface area (Å²) in [6.45, 7) is 0.478. The molecule has 1 saturated carbocycles. The lowest BCUT2D eigenvalue weighted by molar-refractivity contribution is -0.121. The van der Waals surface area contributed by atoms with E-state index in [0.717, 1.165) is 11.1 Å². The summed E-state index contributed by atoms with van der Waals surface area (Å²) in [5.74, 6) is -0.0266. The highest BCUT2D eigenvalue weighted by Gasteiger charge is 2.06. The van der Waals surface area contributed by atoms with Crippen LogP contribution in [0.5, 0.6) is 0 Å². The molecular formula is C23H31ClN2O3. The van der Waals surface area contributed by atoms with E-state index in [1.807, 2.05) is 12.1 Å². The Morgan fingerprint density at radius 1 is 1.00 bits per heavy atom. The number of aliphatic hydroxyl groups excluding tert-OH is 1. The van der Waals surface area contributed by atoms with Gasteiger partial charge in [-0.2, -0.15) is 0 Å². The summed E-state index contributed by atoms with van der Waals surface area (Å²) >= 11 is 5.80. The predicted molar refractivity (Wildman–Crippen MR) is 116 cm³/mol. The van der Waals surface area contributed by atoms with Crippen LogP contribution in [0.1, 0.15) is 61.5 Å². The van der Waals surface area contributed by atoms with Crippen LogP contribution in [-0.4, -0.2) is 22.2 Å². The standard InChI is InChI=1S/C17H18ClNO3.C6H13N/c18-15-8-3-13(4-9-15)11-19-16(20)10-5-12-1-6-14(7-2-12)17(21)22;7-6-4-2-1-3-5-6/h1-4,6-9,17,21-22H,5,10-11H2,(H,19,20);6H,1-5,7H2. The molecule has 29 heavy (non-hydrogen) atoms. The molecule has 0 unspecified atom stereocenters. The molecule has 1 amide bonds. The van der Waals surface area contributed by atoms with E-state index in [1.165, 1.54) is 32.1 Å². The number of carbonyl (C=O) groups excluding carboxylic acids is 1. The first kappa shape index (κ1) is 23.4. The van der Waals surface area contributed by atoms with Crippen LogP contribution in [0.2, 0.25) is 5.02 Å². The molecule has 0 atom stereocenters. The van der Waals surface area contributed by atoms with Gasteiger partial charge in [-0.25, -0.2) is 0 Å². The molecule has 0 aromatic heterocycles. The number of halogens is 1. The molecule has 0 aliphatic heterocycles. The van der Waals surface area contributed by atoms with Gasteiger partial charge in [-0.1, -0.05) is 67.3 Å². The van der Waals surface area contributed by atoms with Crippen molar-refractivity contribution in [3.63, 3.8) is 0 Å². The van der Waals surface area contributed by atoms with Crippen molar-refractivity contribution in [2.75, 3.05) is 0 Å². The Hall–Kier alpha value is -1.92. The normalized spacial score (nSPS) is 14.2. The Balaban J connectivity index is 0.000000360. The van der Waals surface area contributed by atoms with Crippen molar-refractivity contribution >= 4 is 17.5 Å². The van der Waals surface area contributed by atoms with Gasteiger partial charge in [0.25, 0.3) is 0 Å². The van der Waals surface area contributed by atoms with E-state index in [-0.39, 0.29) is 5.91 Å². The van der Waals surface area contributed by atoms with Crippen molar-refractivity contribution in [3.8, 4) is 0 Å². The third-order valence-corrected chi connectivity index (χ3v) is 5.22. The van der Waals surface area contributed by atoms with Crippen LogP contribution in [0.25, 0.3) is 0 Å². The molecule has 1 aliphatic rings. The summed E-state index contributed by atoms with van der Waals surface area (Å²) in [4.78, 5) is 11.8. The van der Waals surface area contributed by atoms with Crippen molar-refractivity contribution in [3.05, 3.63) is 70.2 Å². The molecule has 0 heterocycles. The number of benzene rings is 2. The van der Waals surface area contributed by atoms with Gasteiger partial charge in [0.05, 0.1) is 0 Å². The Kier molecular flexibility index (Phi) is 10.2. The van der Waals surface area contributed by atoms with E-state index in [2.05, 4.69) is 5.32 Å². The molecule has 1 aliphatic carbocycles. The van der Waals surface area contributed by atoms with Gasteiger partial charge in [0.15, 0.2) is 6.29 Å². The van der Waals surface area contributed by atoms with Gasteiger partial charge < -0.3 is 21.3 Å². The number of aliphatic hydroxyl groups is 2. The van der Waals surface area contributed by atoms with Crippen molar-refractivity contribution in [2.24, 2.45) is 5.73 Å². The van der Waals surface area contributed by atoms with Gasteiger partial charge in [0, 0.05) is 29.6 Å². The minimum atomic E-state index is -1.46. The van der Waals surface area contributed by atoms with Gasteiger partial charge in [0.1, 0.15) is 0 Å². The molecule has 3 rings (SSSR count). The fraction of sp³-hybridized carbons (Fsp3) is 0.435. The summed E-state index contributed by atoms with van der Waals surface area (Å²) < 4.78 is 0. The summed E-state index contributed by atoms with van der Waals surface area (Å²) in [5, 5.41) is 21.6. The van der Waals surface area contributed by atoms with Gasteiger partial charge in [-0.05, 0) is 42.5 Å². The van der Waals surface area contributed by atoms with Crippen LogP contribution in [0.3, 0.4) is 0 Å². The molecule has 0 radical (unpaired) electrons. The Bertz CT molecular complexity index is 727. The summed E-state index contributed by atoms with van der Waals surface area (Å²) in [5.41, 5.74) is 8.05. The van der Waals surface area contributed by atoms with E-state index in [1.54, 1.807) is 36.4 Å². The number of aryl methyl sites for hydroxylation is 1. The average Bonchev–Trinajstić information content (AvgIpc) is 2.73. The number of carbonyl (C=O) groups is 1. The molecule has 2 aromatic carbocycles. The van der Waals surface area contributed by atoms with Crippen molar-refractivity contribution in [2.45, 2.75) is 63.8 Å². The quantitative estimate of drug-likeness (QED) is 0.536. The SMILES string of the molecule is NC1CCCCC1.O=C(CCc1ccc(C(O)O)cc1)NCc1ccc(Cl)cc1. The maximum Gasteiger partial charge on any atom is 0.220 e.